The maximum atomic E-state index is 5.78. The number of rotatable bonds is 6. The number of aryl methyl sites for hydroxylation is 1. The Morgan fingerprint density at radius 3 is 2.36 bits per heavy atom. The van der Waals surface area contributed by atoms with Crippen LogP contribution in [0.4, 0.5) is 0 Å². The number of hydrogen-bond donors (Lipinski definition) is 1. The molecule has 1 aromatic rings. The van der Waals surface area contributed by atoms with Gasteiger partial charge in [0, 0.05) is 60.4 Å². The van der Waals surface area contributed by atoms with Gasteiger partial charge in [-0.25, -0.2) is 0 Å². The second kappa shape index (κ2) is 11.0. The third kappa shape index (κ3) is 6.42. The average Bonchev–Trinajstić information content (AvgIpc) is 2.63. The predicted molar refractivity (Wildman–Crippen MR) is 114 cm³/mol. The van der Waals surface area contributed by atoms with Crippen LogP contribution in [-0.2, 0) is 22.4 Å². The predicted octanol–water partition coefficient (Wildman–Crippen LogP) is 3.07. The van der Waals surface area contributed by atoms with Gasteiger partial charge < -0.3 is 19.7 Å². The lowest BCUT2D eigenvalue weighted by molar-refractivity contribution is -0.0857. The fourth-order valence-corrected chi connectivity index (χ4v) is 3.05. The van der Waals surface area contributed by atoms with Crippen molar-refractivity contribution in [2.75, 3.05) is 41.0 Å². The maximum absolute atomic E-state index is 5.78. The monoisotopic (exact) mass is 461 g/mol. The van der Waals surface area contributed by atoms with E-state index in [2.05, 4.69) is 53.4 Å². The van der Waals surface area contributed by atoms with Crippen molar-refractivity contribution in [2.24, 2.45) is 4.99 Å². The largest absolute Gasteiger partial charge is 0.381 e. The van der Waals surface area contributed by atoms with Crippen LogP contribution in [0.1, 0.15) is 30.9 Å². The number of ether oxygens (including phenoxy) is 2. The quantitative estimate of drug-likeness (QED) is 0.402. The van der Waals surface area contributed by atoms with E-state index >= 15 is 0 Å². The molecular weight excluding hydrogens is 429 g/mol. The summed E-state index contributed by atoms with van der Waals surface area (Å²) in [5.41, 5.74) is 2.49. The van der Waals surface area contributed by atoms with Gasteiger partial charge in [0.2, 0.25) is 0 Å². The molecular formula is C19H32IN3O2. The Bertz CT molecular complexity index is 528. The topological polar surface area (TPSA) is 46.1 Å². The van der Waals surface area contributed by atoms with Crippen LogP contribution >= 0.6 is 24.0 Å². The summed E-state index contributed by atoms with van der Waals surface area (Å²) in [4.78, 5) is 6.55. The van der Waals surface area contributed by atoms with Gasteiger partial charge in [-0.05, 0) is 17.5 Å². The van der Waals surface area contributed by atoms with E-state index in [4.69, 9.17) is 9.47 Å². The summed E-state index contributed by atoms with van der Waals surface area (Å²) in [7, 11) is 5.67. The minimum atomic E-state index is -0.155. The number of guanidine groups is 1. The van der Waals surface area contributed by atoms with E-state index in [0.29, 0.717) is 0 Å². The highest BCUT2D eigenvalue weighted by Gasteiger charge is 2.32. The van der Waals surface area contributed by atoms with Crippen molar-refractivity contribution >= 4 is 29.9 Å². The first-order valence-electron chi connectivity index (χ1n) is 8.75. The number of methoxy groups -OCH3 is 1. The molecule has 6 heteroatoms. The summed E-state index contributed by atoms with van der Waals surface area (Å²) in [6.45, 7) is 5.27. The molecule has 0 bridgehead atoms. The van der Waals surface area contributed by atoms with Crippen LogP contribution in [0, 0.1) is 0 Å². The molecule has 0 aliphatic carbocycles. The highest BCUT2D eigenvalue weighted by atomic mass is 127. The number of aliphatic imine (C=N–C) groups is 1. The van der Waals surface area contributed by atoms with E-state index in [0.717, 1.165) is 51.5 Å². The van der Waals surface area contributed by atoms with E-state index in [1.54, 1.807) is 7.11 Å². The summed E-state index contributed by atoms with van der Waals surface area (Å²) in [6, 6.07) is 8.78. The van der Waals surface area contributed by atoms with Gasteiger partial charge >= 0.3 is 0 Å². The number of nitrogens with zero attached hydrogens (tertiary/aromatic N) is 2. The molecule has 25 heavy (non-hydrogen) atoms. The minimum absolute atomic E-state index is 0. The van der Waals surface area contributed by atoms with E-state index in [1.807, 2.05) is 7.05 Å². The molecule has 1 heterocycles. The van der Waals surface area contributed by atoms with Gasteiger partial charge in [-0.2, -0.15) is 0 Å². The zero-order valence-electron chi connectivity index (χ0n) is 15.9. The second-order valence-corrected chi connectivity index (χ2v) is 6.43. The lowest BCUT2D eigenvalue weighted by atomic mass is 9.94. The fourth-order valence-electron chi connectivity index (χ4n) is 3.05. The fraction of sp³-hybridized carbons (Fsp3) is 0.632. The summed E-state index contributed by atoms with van der Waals surface area (Å²) >= 11 is 0. The van der Waals surface area contributed by atoms with Gasteiger partial charge in [0.1, 0.15) is 0 Å². The molecule has 5 nitrogen and oxygen atoms in total. The lowest BCUT2D eigenvalue weighted by Crippen LogP contribution is -2.50. The number of hydrogen-bond acceptors (Lipinski definition) is 3. The van der Waals surface area contributed by atoms with Crippen LogP contribution in [0.5, 0.6) is 0 Å². The Balaban J connectivity index is 0.00000312. The van der Waals surface area contributed by atoms with Crippen LogP contribution in [0.25, 0.3) is 0 Å². The Kier molecular flexibility index (Phi) is 9.74. The SMILES string of the molecule is CCc1ccc(CN(C)C(=NC)NCC2(OC)CCOCC2)cc1.I. The maximum Gasteiger partial charge on any atom is 0.193 e. The highest BCUT2D eigenvalue weighted by molar-refractivity contribution is 14.0. The van der Waals surface area contributed by atoms with Crippen molar-refractivity contribution in [2.45, 2.75) is 38.3 Å². The van der Waals surface area contributed by atoms with Crippen molar-refractivity contribution in [3.63, 3.8) is 0 Å². The minimum Gasteiger partial charge on any atom is -0.381 e. The second-order valence-electron chi connectivity index (χ2n) is 6.43. The smallest absolute Gasteiger partial charge is 0.193 e. The molecule has 1 N–H and O–H groups in total. The molecule has 1 aliphatic heterocycles. The Hall–Kier alpha value is -0.860. The zero-order valence-corrected chi connectivity index (χ0v) is 18.2. The molecule has 0 radical (unpaired) electrons. The van der Waals surface area contributed by atoms with Gasteiger partial charge in [-0.3, -0.25) is 4.99 Å². The van der Waals surface area contributed by atoms with Crippen molar-refractivity contribution in [1.29, 1.82) is 0 Å². The van der Waals surface area contributed by atoms with Gasteiger partial charge in [0.05, 0.1) is 5.60 Å². The molecule has 0 amide bonds. The third-order valence-electron chi connectivity index (χ3n) is 4.83. The van der Waals surface area contributed by atoms with Crippen molar-refractivity contribution in [1.82, 2.24) is 10.2 Å². The molecule has 142 valence electrons. The number of halogens is 1. The summed E-state index contributed by atoms with van der Waals surface area (Å²) in [6.07, 6.45) is 2.90. The molecule has 0 spiro atoms. The van der Waals surface area contributed by atoms with Gasteiger partial charge in [-0.1, -0.05) is 31.2 Å². The van der Waals surface area contributed by atoms with E-state index < -0.39 is 0 Å². The summed E-state index contributed by atoms with van der Waals surface area (Å²) < 4.78 is 11.2. The van der Waals surface area contributed by atoms with Crippen LogP contribution < -0.4 is 5.32 Å². The molecule has 0 atom stereocenters. The van der Waals surface area contributed by atoms with E-state index in [1.165, 1.54) is 11.1 Å². The summed E-state index contributed by atoms with van der Waals surface area (Å²) in [5, 5.41) is 3.47. The number of benzene rings is 1. The van der Waals surface area contributed by atoms with Crippen molar-refractivity contribution < 1.29 is 9.47 Å². The molecule has 2 rings (SSSR count). The van der Waals surface area contributed by atoms with E-state index in [9.17, 15) is 0 Å². The van der Waals surface area contributed by atoms with Crippen LogP contribution in [0.2, 0.25) is 0 Å². The van der Waals surface area contributed by atoms with Crippen molar-refractivity contribution in [3.05, 3.63) is 35.4 Å². The highest BCUT2D eigenvalue weighted by Crippen LogP contribution is 2.23. The van der Waals surface area contributed by atoms with Gasteiger partial charge in [-0.15, -0.1) is 24.0 Å². The Morgan fingerprint density at radius 2 is 1.84 bits per heavy atom. The molecule has 1 fully saturated rings. The first-order valence-corrected chi connectivity index (χ1v) is 8.75. The first kappa shape index (κ1) is 22.2. The van der Waals surface area contributed by atoms with Crippen molar-refractivity contribution in [3.8, 4) is 0 Å². The molecule has 0 aromatic heterocycles. The third-order valence-corrected chi connectivity index (χ3v) is 4.83. The molecule has 0 unspecified atom stereocenters. The number of nitrogens with one attached hydrogen (secondary N) is 1. The van der Waals surface area contributed by atoms with Gasteiger partial charge in [0.25, 0.3) is 0 Å². The van der Waals surface area contributed by atoms with Crippen LogP contribution in [-0.4, -0.2) is 57.4 Å². The standard InChI is InChI=1S/C19H31N3O2.HI/c1-5-16-6-8-17(9-7-16)14-22(3)18(20-2)21-15-19(23-4)10-12-24-13-11-19;/h6-9H,5,10-15H2,1-4H3,(H,20,21);1H. The first-order chi connectivity index (χ1) is 11.6. The average molecular weight is 461 g/mol. The van der Waals surface area contributed by atoms with Crippen LogP contribution in [0.15, 0.2) is 29.3 Å². The van der Waals surface area contributed by atoms with Crippen LogP contribution in [0.3, 0.4) is 0 Å². The van der Waals surface area contributed by atoms with Gasteiger partial charge in [0.15, 0.2) is 5.96 Å². The molecule has 1 aromatic carbocycles. The lowest BCUT2D eigenvalue weighted by Gasteiger charge is -2.37. The Morgan fingerprint density at radius 1 is 1.24 bits per heavy atom. The zero-order chi connectivity index (χ0) is 17.4. The normalized spacial score (nSPS) is 16.9. The Labute approximate surface area is 169 Å². The molecule has 0 saturated carbocycles. The van der Waals surface area contributed by atoms with E-state index in [-0.39, 0.29) is 29.6 Å². The molecule has 1 aliphatic rings. The summed E-state index contributed by atoms with van der Waals surface area (Å²) in [5.74, 6) is 0.887. The molecule has 1 saturated heterocycles.